The third kappa shape index (κ3) is 4.66. The highest BCUT2D eigenvalue weighted by Gasteiger charge is 2.55. The van der Waals surface area contributed by atoms with Crippen molar-refractivity contribution in [3.05, 3.63) is 16.1 Å². The first kappa shape index (κ1) is 20.9. The lowest BCUT2D eigenvalue weighted by molar-refractivity contribution is -0.145. The standard InChI is InChI=1S/C18H30N4OS.HI/c1-4-23-15-10-14(18(15)8-6-5-7-9-18)22-17(19-3)21-12-16-20-11-13(2)24-16;/h11,14-15H,4-10,12H2,1-3H3,(H2,19,21,22);1H. The van der Waals surface area contributed by atoms with Crippen molar-refractivity contribution in [2.45, 2.75) is 71.1 Å². The van der Waals surface area contributed by atoms with Crippen LogP contribution < -0.4 is 10.6 Å². The molecule has 0 aliphatic heterocycles. The number of aliphatic imine (C=N–C) groups is 1. The van der Waals surface area contributed by atoms with Crippen molar-refractivity contribution in [1.29, 1.82) is 0 Å². The van der Waals surface area contributed by atoms with Gasteiger partial charge >= 0.3 is 0 Å². The topological polar surface area (TPSA) is 58.5 Å². The Kier molecular flexibility index (Phi) is 7.94. The average molecular weight is 478 g/mol. The lowest BCUT2D eigenvalue weighted by atomic mass is 9.55. The van der Waals surface area contributed by atoms with Gasteiger partial charge in [-0.15, -0.1) is 35.3 Å². The normalized spacial score (nSPS) is 25.2. The number of hydrogen-bond donors (Lipinski definition) is 2. The molecule has 1 aromatic rings. The van der Waals surface area contributed by atoms with Crippen LogP contribution in [0.1, 0.15) is 55.3 Å². The first-order chi connectivity index (χ1) is 11.7. The number of nitrogens with zero attached hydrogens (tertiary/aromatic N) is 2. The van der Waals surface area contributed by atoms with Crippen LogP contribution in [-0.2, 0) is 11.3 Å². The summed E-state index contributed by atoms with van der Waals surface area (Å²) >= 11 is 1.73. The molecule has 2 atom stereocenters. The monoisotopic (exact) mass is 478 g/mol. The number of halogens is 1. The number of aromatic nitrogens is 1. The summed E-state index contributed by atoms with van der Waals surface area (Å²) in [5.74, 6) is 0.882. The van der Waals surface area contributed by atoms with Crippen LogP contribution in [0.25, 0.3) is 0 Å². The van der Waals surface area contributed by atoms with Crippen molar-refractivity contribution in [2.75, 3.05) is 13.7 Å². The van der Waals surface area contributed by atoms with Crippen LogP contribution in [0.5, 0.6) is 0 Å². The van der Waals surface area contributed by atoms with E-state index in [-0.39, 0.29) is 24.0 Å². The molecule has 0 bridgehead atoms. The van der Waals surface area contributed by atoms with Crippen molar-refractivity contribution in [3.63, 3.8) is 0 Å². The molecule has 2 aliphatic rings. The summed E-state index contributed by atoms with van der Waals surface area (Å²) < 4.78 is 6.04. The van der Waals surface area contributed by atoms with Gasteiger partial charge in [0.1, 0.15) is 5.01 Å². The van der Waals surface area contributed by atoms with Crippen molar-refractivity contribution in [1.82, 2.24) is 15.6 Å². The molecule has 3 rings (SSSR count). The van der Waals surface area contributed by atoms with E-state index in [1.165, 1.54) is 37.0 Å². The smallest absolute Gasteiger partial charge is 0.191 e. The van der Waals surface area contributed by atoms with Gasteiger partial charge in [-0.3, -0.25) is 4.99 Å². The summed E-state index contributed by atoms with van der Waals surface area (Å²) in [6, 6.07) is 0.471. The van der Waals surface area contributed by atoms with Crippen molar-refractivity contribution in [2.24, 2.45) is 10.4 Å². The van der Waals surface area contributed by atoms with Crippen molar-refractivity contribution < 1.29 is 4.74 Å². The lowest BCUT2D eigenvalue weighted by Crippen LogP contribution is -2.66. The first-order valence-electron chi connectivity index (χ1n) is 9.18. The maximum atomic E-state index is 6.04. The minimum atomic E-state index is 0. The van der Waals surface area contributed by atoms with E-state index in [4.69, 9.17) is 4.74 Å². The number of rotatable bonds is 5. The number of nitrogens with one attached hydrogen (secondary N) is 2. The molecule has 0 radical (unpaired) electrons. The largest absolute Gasteiger partial charge is 0.378 e. The molecule has 2 aliphatic carbocycles. The predicted octanol–water partition coefficient (Wildman–Crippen LogP) is 3.86. The van der Waals surface area contributed by atoms with Crippen molar-refractivity contribution in [3.8, 4) is 0 Å². The second-order valence-corrected chi connectivity index (χ2v) is 8.28. The zero-order valence-electron chi connectivity index (χ0n) is 15.5. The molecular formula is C18H31IN4OS. The van der Waals surface area contributed by atoms with Crippen LogP contribution in [0.3, 0.4) is 0 Å². The molecule has 0 saturated heterocycles. The fourth-order valence-electron chi connectivity index (χ4n) is 4.27. The maximum absolute atomic E-state index is 6.04. The molecule has 7 heteroatoms. The van der Waals surface area contributed by atoms with Gasteiger partial charge in [-0.25, -0.2) is 4.98 Å². The zero-order chi connectivity index (χ0) is 17.0. The van der Waals surface area contributed by atoms with E-state index in [0.717, 1.165) is 30.5 Å². The molecule has 2 saturated carbocycles. The second-order valence-electron chi connectivity index (χ2n) is 6.96. The van der Waals surface area contributed by atoms with Gasteiger partial charge in [0.15, 0.2) is 5.96 Å². The van der Waals surface area contributed by atoms with Gasteiger partial charge in [0.05, 0.1) is 12.6 Å². The number of aryl methyl sites for hydroxylation is 1. The Morgan fingerprint density at radius 2 is 2.16 bits per heavy atom. The van der Waals surface area contributed by atoms with Crippen LogP contribution in [0, 0.1) is 12.3 Å². The third-order valence-electron chi connectivity index (χ3n) is 5.55. The summed E-state index contributed by atoms with van der Waals surface area (Å²) in [6.45, 7) is 5.74. The van der Waals surface area contributed by atoms with Gasteiger partial charge in [-0.05, 0) is 33.1 Å². The van der Waals surface area contributed by atoms with E-state index in [1.807, 2.05) is 13.2 Å². The van der Waals surface area contributed by atoms with E-state index in [0.29, 0.717) is 17.6 Å². The van der Waals surface area contributed by atoms with Gasteiger partial charge in [0.2, 0.25) is 0 Å². The molecule has 1 heterocycles. The lowest BCUT2D eigenvalue weighted by Gasteiger charge is -2.57. The highest BCUT2D eigenvalue weighted by Crippen LogP contribution is 2.53. The fourth-order valence-corrected chi connectivity index (χ4v) is 4.99. The quantitative estimate of drug-likeness (QED) is 0.384. The molecule has 142 valence electrons. The Balaban J connectivity index is 0.00000225. The van der Waals surface area contributed by atoms with Crippen LogP contribution in [0.15, 0.2) is 11.2 Å². The fraction of sp³-hybridized carbons (Fsp3) is 0.778. The molecule has 25 heavy (non-hydrogen) atoms. The molecule has 2 unspecified atom stereocenters. The molecule has 2 fully saturated rings. The van der Waals surface area contributed by atoms with E-state index < -0.39 is 0 Å². The summed E-state index contributed by atoms with van der Waals surface area (Å²) in [4.78, 5) is 10.1. The molecule has 1 spiro atoms. The highest BCUT2D eigenvalue weighted by molar-refractivity contribution is 14.0. The minimum Gasteiger partial charge on any atom is -0.378 e. The summed E-state index contributed by atoms with van der Waals surface area (Å²) in [6.07, 6.45) is 10.00. The van der Waals surface area contributed by atoms with Gasteiger partial charge < -0.3 is 15.4 Å². The molecule has 0 amide bonds. The third-order valence-corrected chi connectivity index (χ3v) is 6.46. The second kappa shape index (κ2) is 9.50. The Hall–Kier alpha value is -0.410. The molecule has 0 aromatic carbocycles. The predicted molar refractivity (Wildman–Crippen MR) is 115 cm³/mol. The maximum Gasteiger partial charge on any atom is 0.191 e. The van der Waals surface area contributed by atoms with E-state index in [1.54, 1.807) is 11.3 Å². The van der Waals surface area contributed by atoms with E-state index >= 15 is 0 Å². The molecule has 1 aromatic heterocycles. The van der Waals surface area contributed by atoms with Crippen LogP contribution in [0.2, 0.25) is 0 Å². The molecule has 5 nitrogen and oxygen atoms in total. The number of ether oxygens (including phenoxy) is 1. The number of guanidine groups is 1. The van der Waals surface area contributed by atoms with Gasteiger partial charge in [-0.1, -0.05) is 19.3 Å². The SMILES string of the molecule is CCOC1CC(NC(=NC)NCc2ncc(C)s2)C12CCCCC2.I. The number of hydrogen-bond acceptors (Lipinski definition) is 4. The van der Waals surface area contributed by atoms with Crippen molar-refractivity contribution >= 4 is 41.3 Å². The zero-order valence-corrected chi connectivity index (χ0v) is 18.7. The molecule has 2 N–H and O–H groups in total. The van der Waals surface area contributed by atoms with Crippen LogP contribution in [0.4, 0.5) is 0 Å². The minimum absolute atomic E-state index is 0. The molecular weight excluding hydrogens is 447 g/mol. The van der Waals surface area contributed by atoms with Crippen LogP contribution in [-0.4, -0.2) is 36.7 Å². The highest BCUT2D eigenvalue weighted by atomic mass is 127. The first-order valence-corrected chi connectivity index (χ1v) is 9.99. The Morgan fingerprint density at radius 1 is 1.40 bits per heavy atom. The Bertz CT molecular complexity index is 571. The van der Waals surface area contributed by atoms with Gasteiger partial charge in [0.25, 0.3) is 0 Å². The summed E-state index contributed by atoms with van der Waals surface area (Å²) in [5.41, 5.74) is 0.309. The van der Waals surface area contributed by atoms with E-state index in [9.17, 15) is 0 Å². The number of thiazole rings is 1. The average Bonchev–Trinajstić information content (AvgIpc) is 3.03. The van der Waals surface area contributed by atoms with Gasteiger partial charge in [0, 0.05) is 36.2 Å². The van der Waals surface area contributed by atoms with E-state index in [2.05, 4.69) is 34.5 Å². The van der Waals surface area contributed by atoms with Gasteiger partial charge in [-0.2, -0.15) is 0 Å². The summed E-state index contributed by atoms with van der Waals surface area (Å²) in [5, 5.41) is 8.18. The summed E-state index contributed by atoms with van der Waals surface area (Å²) in [7, 11) is 1.84. The Labute approximate surface area is 172 Å². The van der Waals surface area contributed by atoms with Crippen LogP contribution >= 0.6 is 35.3 Å². The Morgan fingerprint density at radius 3 is 2.76 bits per heavy atom.